The Hall–Kier alpha value is -2.89. The molecule has 0 spiro atoms. The van der Waals surface area contributed by atoms with Crippen molar-refractivity contribution >= 4 is 17.9 Å². The average molecular weight is 938 g/mol. The van der Waals surface area contributed by atoms with Crippen LogP contribution in [0.2, 0.25) is 0 Å². The lowest BCUT2D eigenvalue weighted by molar-refractivity contribution is -0.167. The maximum absolute atomic E-state index is 12.8. The van der Waals surface area contributed by atoms with Crippen molar-refractivity contribution < 1.29 is 28.6 Å². The van der Waals surface area contributed by atoms with Crippen LogP contribution in [0.5, 0.6) is 0 Å². The summed E-state index contributed by atoms with van der Waals surface area (Å²) in [6.07, 6.45) is 69.4. The summed E-state index contributed by atoms with van der Waals surface area (Å²) >= 11 is 0. The molecule has 0 radical (unpaired) electrons. The van der Waals surface area contributed by atoms with Gasteiger partial charge in [0.1, 0.15) is 13.2 Å². The van der Waals surface area contributed by atoms with Crippen molar-refractivity contribution in [2.45, 2.75) is 297 Å². The number of ether oxygens (including phenoxy) is 3. The minimum absolute atomic E-state index is 0.0929. The Morgan fingerprint density at radius 1 is 0.313 bits per heavy atom. The first-order valence-electron chi connectivity index (χ1n) is 28.8. The lowest BCUT2D eigenvalue weighted by atomic mass is 10.0. The van der Waals surface area contributed by atoms with Gasteiger partial charge in [0.25, 0.3) is 0 Å². The molecule has 0 saturated carbocycles. The molecule has 0 aliphatic heterocycles. The third-order valence-electron chi connectivity index (χ3n) is 12.5. The van der Waals surface area contributed by atoms with E-state index in [0.29, 0.717) is 19.3 Å². The smallest absolute Gasteiger partial charge is 0.306 e. The molecule has 0 saturated heterocycles. The molecule has 6 heteroatoms. The molecule has 0 N–H and O–H groups in total. The average Bonchev–Trinajstić information content (AvgIpc) is 3.33. The summed E-state index contributed by atoms with van der Waals surface area (Å²) in [5.41, 5.74) is 0. The molecule has 0 aliphatic rings. The zero-order valence-electron chi connectivity index (χ0n) is 44.4. The van der Waals surface area contributed by atoms with Crippen LogP contribution < -0.4 is 0 Å². The first-order valence-corrected chi connectivity index (χ1v) is 28.8. The standard InChI is InChI=1S/C61H108O6/c1-4-7-10-13-16-19-22-24-26-28-29-30-31-33-34-36-39-42-45-48-51-54-60(63)66-57-58(56-65-59(62)53-50-47-44-41-38-21-18-15-12-9-6-3)67-61(64)55-52-49-46-43-40-37-35-32-27-25-23-20-17-14-11-8-5-2/h8,11,17,20,25,27,35,37,43,46,58H,4-7,9-10,12-16,18-19,21-24,26,28-34,36,38-42,44-45,47-57H2,1-3H3/b11-8-,20-17-,27-25-,37-35-,46-43-/t58-/m0/s1. The minimum atomic E-state index is -0.800. The molecule has 0 aromatic rings. The van der Waals surface area contributed by atoms with E-state index >= 15 is 0 Å². The molecule has 0 aromatic heterocycles. The van der Waals surface area contributed by atoms with E-state index in [1.165, 1.54) is 167 Å². The van der Waals surface area contributed by atoms with Crippen molar-refractivity contribution in [2.75, 3.05) is 13.2 Å². The third-order valence-corrected chi connectivity index (χ3v) is 12.5. The van der Waals surface area contributed by atoms with Crippen LogP contribution in [0.4, 0.5) is 0 Å². The maximum Gasteiger partial charge on any atom is 0.306 e. The van der Waals surface area contributed by atoms with E-state index in [1.54, 1.807) is 0 Å². The van der Waals surface area contributed by atoms with Crippen LogP contribution in [0.15, 0.2) is 60.8 Å². The van der Waals surface area contributed by atoms with E-state index in [4.69, 9.17) is 14.2 Å². The van der Waals surface area contributed by atoms with E-state index in [1.807, 2.05) is 0 Å². The third kappa shape index (κ3) is 53.9. The van der Waals surface area contributed by atoms with Gasteiger partial charge in [0, 0.05) is 19.3 Å². The van der Waals surface area contributed by atoms with Crippen molar-refractivity contribution in [1.82, 2.24) is 0 Å². The Bertz CT molecular complexity index is 1210. The minimum Gasteiger partial charge on any atom is -0.462 e. The van der Waals surface area contributed by atoms with Gasteiger partial charge in [0.2, 0.25) is 0 Å². The van der Waals surface area contributed by atoms with Gasteiger partial charge in [-0.2, -0.15) is 0 Å². The summed E-state index contributed by atoms with van der Waals surface area (Å²) in [6.45, 7) is 6.50. The molecule has 388 valence electrons. The van der Waals surface area contributed by atoms with Gasteiger partial charge < -0.3 is 14.2 Å². The number of allylic oxidation sites excluding steroid dienone is 10. The van der Waals surface area contributed by atoms with Crippen LogP contribution in [0, 0.1) is 0 Å². The second-order valence-electron chi connectivity index (χ2n) is 19.2. The van der Waals surface area contributed by atoms with Gasteiger partial charge >= 0.3 is 17.9 Å². The summed E-state index contributed by atoms with van der Waals surface area (Å²) in [6, 6.07) is 0. The molecular weight excluding hydrogens is 829 g/mol. The van der Waals surface area contributed by atoms with Crippen molar-refractivity contribution in [3.63, 3.8) is 0 Å². The summed E-state index contributed by atoms with van der Waals surface area (Å²) in [5, 5.41) is 0. The van der Waals surface area contributed by atoms with Gasteiger partial charge in [0.15, 0.2) is 6.10 Å². The number of carbonyl (C=O) groups is 3. The van der Waals surface area contributed by atoms with Gasteiger partial charge in [-0.3, -0.25) is 14.4 Å². The van der Waals surface area contributed by atoms with Crippen molar-refractivity contribution in [3.05, 3.63) is 60.8 Å². The number of esters is 3. The molecule has 0 aromatic carbocycles. The molecule has 0 amide bonds. The normalized spacial score (nSPS) is 12.5. The molecule has 1 atom stereocenters. The highest BCUT2D eigenvalue weighted by Gasteiger charge is 2.19. The zero-order chi connectivity index (χ0) is 48.6. The van der Waals surface area contributed by atoms with E-state index in [0.717, 1.165) is 77.0 Å². The highest BCUT2D eigenvalue weighted by Crippen LogP contribution is 2.17. The van der Waals surface area contributed by atoms with Gasteiger partial charge in [-0.15, -0.1) is 0 Å². The molecule has 0 bridgehead atoms. The van der Waals surface area contributed by atoms with Crippen molar-refractivity contribution in [3.8, 4) is 0 Å². The summed E-state index contributed by atoms with van der Waals surface area (Å²) in [7, 11) is 0. The summed E-state index contributed by atoms with van der Waals surface area (Å²) < 4.78 is 16.8. The zero-order valence-corrected chi connectivity index (χ0v) is 44.4. The van der Waals surface area contributed by atoms with E-state index < -0.39 is 6.10 Å². The Labute approximate surface area is 415 Å². The van der Waals surface area contributed by atoms with Crippen molar-refractivity contribution in [1.29, 1.82) is 0 Å². The lowest BCUT2D eigenvalue weighted by Gasteiger charge is -2.18. The first kappa shape index (κ1) is 64.1. The predicted octanol–water partition coefficient (Wildman–Crippen LogP) is 19.2. The monoisotopic (exact) mass is 937 g/mol. The van der Waals surface area contributed by atoms with Crippen LogP contribution >= 0.6 is 0 Å². The topological polar surface area (TPSA) is 78.9 Å². The van der Waals surface area contributed by atoms with Crippen LogP contribution in [0.25, 0.3) is 0 Å². The highest BCUT2D eigenvalue weighted by atomic mass is 16.6. The lowest BCUT2D eigenvalue weighted by Crippen LogP contribution is -2.30. The number of rotatable bonds is 52. The quantitative estimate of drug-likeness (QED) is 0.0262. The Morgan fingerprint density at radius 3 is 0.896 bits per heavy atom. The molecular formula is C61H108O6. The molecule has 67 heavy (non-hydrogen) atoms. The summed E-state index contributed by atoms with van der Waals surface area (Å²) in [4.78, 5) is 38.1. The SMILES string of the molecule is CC/C=C\C/C=C\C/C=C\C/C=C\C/C=C\CCCC(=O)O[C@@H](COC(=O)CCCCCCCCCCCCC)COC(=O)CCCCCCCCCCCCCCCCCCCCCCC. The van der Waals surface area contributed by atoms with Gasteiger partial charge in [-0.1, -0.05) is 274 Å². The Kier molecular flexibility index (Phi) is 53.3. The number of unbranched alkanes of at least 4 members (excludes halogenated alkanes) is 31. The number of hydrogen-bond donors (Lipinski definition) is 0. The molecule has 0 heterocycles. The van der Waals surface area contributed by atoms with Gasteiger partial charge in [-0.25, -0.2) is 0 Å². The fourth-order valence-electron chi connectivity index (χ4n) is 8.24. The predicted molar refractivity (Wildman–Crippen MR) is 288 cm³/mol. The fraction of sp³-hybridized carbons (Fsp3) is 0.787. The maximum atomic E-state index is 12.8. The molecule has 0 unspecified atom stereocenters. The van der Waals surface area contributed by atoms with Crippen LogP contribution in [0.3, 0.4) is 0 Å². The van der Waals surface area contributed by atoms with Crippen LogP contribution in [-0.4, -0.2) is 37.2 Å². The van der Waals surface area contributed by atoms with Gasteiger partial charge in [-0.05, 0) is 57.8 Å². The summed E-state index contributed by atoms with van der Waals surface area (Å²) in [5.74, 6) is -0.940. The molecule has 0 rings (SSSR count). The van der Waals surface area contributed by atoms with Gasteiger partial charge in [0.05, 0.1) is 0 Å². The van der Waals surface area contributed by atoms with Crippen LogP contribution in [-0.2, 0) is 28.6 Å². The van der Waals surface area contributed by atoms with E-state index in [9.17, 15) is 14.4 Å². The number of carbonyl (C=O) groups excluding carboxylic acids is 3. The van der Waals surface area contributed by atoms with Crippen molar-refractivity contribution in [2.24, 2.45) is 0 Å². The first-order chi connectivity index (χ1) is 33.0. The second-order valence-corrected chi connectivity index (χ2v) is 19.2. The molecule has 0 aliphatic carbocycles. The van der Waals surface area contributed by atoms with E-state index in [2.05, 4.69) is 81.5 Å². The fourth-order valence-corrected chi connectivity index (χ4v) is 8.24. The Balaban J connectivity index is 4.35. The molecule has 6 nitrogen and oxygen atoms in total. The van der Waals surface area contributed by atoms with E-state index in [-0.39, 0.29) is 37.5 Å². The highest BCUT2D eigenvalue weighted by molar-refractivity contribution is 5.71. The van der Waals surface area contributed by atoms with Crippen LogP contribution in [0.1, 0.15) is 290 Å². The largest absolute Gasteiger partial charge is 0.462 e. The molecule has 0 fully saturated rings. The second kappa shape index (κ2) is 55.7. The number of hydrogen-bond acceptors (Lipinski definition) is 6. The Morgan fingerprint density at radius 2 is 0.582 bits per heavy atom.